The first-order chi connectivity index (χ1) is 4.18. The summed E-state index contributed by atoms with van der Waals surface area (Å²) in [6.07, 6.45) is -2.50. The van der Waals surface area contributed by atoms with E-state index in [0.717, 1.165) is 0 Å². The number of hydrogen-bond acceptors (Lipinski definition) is 3. The van der Waals surface area contributed by atoms with Gasteiger partial charge in [0, 0.05) is 6.42 Å². The third-order valence-electron chi connectivity index (χ3n) is 0.723. The summed E-state index contributed by atoms with van der Waals surface area (Å²) in [7, 11) is 0. The van der Waals surface area contributed by atoms with E-state index in [9.17, 15) is 14.5 Å². The topological polar surface area (TPSA) is 66.9 Å². The largest absolute Gasteiger partial charge is 0.350 e. The van der Waals surface area contributed by atoms with E-state index < -0.39 is 11.2 Å². The Morgan fingerprint density at radius 3 is 2.78 bits per heavy atom. The van der Waals surface area contributed by atoms with Crippen molar-refractivity contribution in [2.24, 2.45) is 0 Å². The molecular formula is C4H5FN2O2. The van der Waals surface area contributed by atoms with E-state index in [2.05, 4.69) is 0 Å². The molecule has 0 aliphatic heterocycles. The Hall–Kier alpha value is -1.18. The van der Waals surface area contributed by atoms with Gasteiger partial charge in [0.25, 0.3) is 0 Å². The van der Waals surface area contributed by atoms with Crippen LogP contribution in [0.1, 0.15) is 12.8 Å². The second-order valence-electron chi connectivity index (χ2n) is 1.42. The Kier molecular flexibility index (Phi) is 3.28. The third-order valence-corrected chi connectivity index (χ3v) is 0.723. The SMILES string of the molecule is N#CCCC(F)[N+](=O)[O-]. The average molecular weight is 132 g/mol. The van der Waals surface area contributed by atoms with E-state index >= 15 is 0 Å². The van der Waals surface area contributed by atoms with Gasteiger partial charge in [-0.2, -0.15) is 9.65 Å². The van der Waals surface area contributed by atoms with E-state index in [1.165, 1.54) is 0 Å². The molecule has 1 unspecified atom stereocenters. The Balaban J connectivity index is 3.41. The molecule has 0 saturated carbocycles. The fourth-order valence-electron chi connectivity index (χ4n) is 0.289. The monoisotopic (exact) mass is 132 g/mol. The van der Waals surface area contributed by atoms with Crippen LogP contribution in [0.3, 0.4) is 0 Å². The second kappa shape index (κ2) is 3.78. The molecular weight excluding hydrogens is 127 g/mol. The molecule has 0 fully saturated rings. The van der Waals surface area contributed by atoms with Crippen LogP contribution in [-0.4, -0.2) is 11.2 Å². The van der Waals surface area contributed by atoms with Crippen molar-refractivity contribution in [3.05, 3.63) is 10.1 Å². The van der Waals surface area contributed by atoms with Crippen LogP contribution < -0.4 is 0 Å². The molecule has 0 radical (unpaired) electrons. The number of alkyl halides is 1. The molecule has 0 heterocycles. The van der Waals surface area contributed by atoms with Crippen LogP contribution in [0.5, 0.6) is 0 Å². The van der Waals surface area contributed by atoms with Crippen molar-refractivity contribution in [2.45, 2.75) is 19.1 Å². The molecule has 0 aliphatic carbocycles. The van der Waals surface area contributed by atoms with Crippen molar-refractivity contribution in [3.63, 3.8) is 0 Å². The third kappa shape index (κ3) is 3.41. The van der Waals surface area contributed by atoms with Gasteiger partial charge >= 0.3 is 6.30 Å². The van der Waals surface area contributed by atoms with Gasteiger partial charge in [-0.05, 0) is 0 Å². The lowest BCUT2D eigenvalue weighted by Gasteiger charge is -1.92. The van der Waals surface area contributed by atoms with Crippen molar-refractivity contribution in [1.82, 2.24) is 0 Å². The maximum Gasteiger partial charge on any atom is 0.350 e. The highest BCUT2D eigenvalue weighted by Gasteiger charge is 2.15. The van der Waals surface area contributed by atoms with Gasteiger partial charge in [0.1, 0.15) is 0 Å². The van der Waals surface area contributed by atoms with Crippen LogP contribution in [0, 0.1) is 21.4 Å². The summed E-state index contributed by atoms with van der Waals surface area (Å²) in [5, 5.41) is 17.4. The van der Waals surface area contributed by atoms with E-state index in [1.54, 1.807) is 6.07 Å². The zero-order valence-electron chi connectivity index (χ0n) is 4.58. The van der Waals surface area contributed by atoms with Crippen molar-refractivity contribution < 1.29 is 9.31 Å². The first-order valence-corrected chi connectivity index (χ1v) is 2.33. The Morgan fingerprint density at radius 1 is 1.89 bits per heavy atom. The Labute approximate surface area is 51.0 Å². The van der Waals surface area contributed by atoms with Crippen LogP contribution >= 0.6 is 0 Å². The summed E-state index contributed by atoms with van der Waals surface area (Å²) in [4.78, 5) is 8.48. The summed E-state index contributed by atoms with van der Waals surface area (Å²) in [5.41, 5.74) is 0. The van der Waals surface area contributed by atoms with Crippen LogP contribution in [0.2, 0.25) is 0 Å². The molecule has 0 rings (SSSR count). The molecule has 9 heavy (non-hydrogen) atoms. The highest BCUT2D eigenvalue weighted by Crippen LogP contribution is 2.00. The van der Waals surface area contributed by atoms with Gasteiger partial charge in [0.2, 0.25) is 0 Å². The van der Waals surface area contributed by atoms with E-state index in [0.29, 0.717) is 0 Å². The number of hydrogen-bond donors (Lipinski definition) is 0. The van der Waals surface area contributed by atoms with Crippen molar-refractivity contribution >= 4 is 0 Å². The zero-order chi connectivity index (χ0) is 7.28. The highest BCUT2D eigenvalue weighted by atomic mass is 19.1. The van der Waals surface area contributed by atoms with Gasteiger partial charge in [0.05, 0.1) is 17.4 Å². The summed E-state index contributed by atoms with van der Waals surface area (Å²) in [5.74, 6) is 0. The fourth-order valence-corrected chi connectivity index (χ4v) is 0.289. The lowest BCUT2D eigenvalue weighted by Crippen LogP contribution is -2.12. The minimum absolute atomic E-state index is 0.109. The maximum atomic E-state index is 11.9. The molecule has 0 aromatic heterocycles. The number of halogens is 1. The number of rotatable bonds is 3. The van der Waals surface area contributed by atoms with Gasteiger partial charge in [-0.25, -0.2) is 0 Å². The Bertz CT molecular complexity index is 142. The van der Waals surface area contributed by atoms with Gasteiger partial charge in [-0.3, -0.25) is 10.1 Å². The molecule has 5 heteroatoms. The second-order valence-corrected chi connectivity index (χ2v) is 1.42. The smallest absolute Gasteiger partial charge is 0.262 e. The highest BCUT2D eigenvalue weighted by molar-refractivity contribution is 4.68. The van der Waals surface area contributed by atoms with Crippen molar-refractivity contribution in [3.8, 4) is 6.07 Å². The average Bonchev–Trinajstić information content (AvgIpc) is 1.82. The number of nitro groups is 1. The molecule has 4 nitrogen and oxygen atoms in total. The summed E-state index contributed by atoms with van der Waals surface area (Å²) >= 11 is 0. The molecule has 0 bridgehead atoms. The normalized spacial score (nSPS) is 12.0. The van der Waals surface area contributed by atoms with Gasteiger partial charge < -0.3 is 0 Å². The lowest BCUT2D eigenvalue weighted by molar-refractivity contribution is -0.554. The molecule has 0 amide bonds. The van der Waals surface area contributed by atoms with Gasteiger partial charge in [-0.15, -0.1) is 0 Å². The number of nitrogens with zero attached hydrogens (tertiary/aromatic N) is 2. The van der Waals surface area contributed by atoms with Crippen LogP contribution in [-0.2, 0) is 0 Å². The van der Waals surface area contributed by atoms with Gasteiger partial charge in [0.15, 0.2) is 0 Å². The van der Waals surface area contributed by atoms with E-state index in [1.807, 2.05) is 0 Å². The summed E-state index contributed by atoms with van der Waals surface area (Å²) < 4.78 is 11.9. The molecule has 50 valence electrons. The van der Waals surface area contributed by atoms with E-state index in [-0.39, 0.29) is 12.8 Å². The standard InChI is InChI=1S/C4H5FN2O2/c5-4(7(8)9)2-1-3-6/h4H,1-2H2. The first-order valence-electron chi connectivity index (χ1n) is 2.33. The Morgan fingerprint density at radius 2 is 2.44 bits per heavy atom. The maximum absolute atomic E-state index is 11.9. The minimum atomic E-state index is -2.08. The quantitative estimate of drug-likeness (QED) is 0.325. The van der Waals surface area contributed by atoms with Gasteiger partial charge in [-0.1, -0.05) is 0 Å². The molecule has 0 N–H and O–H groups in total. The van der Waals surface area contributed by atoms with Crippen molar-refractivity contribution in [1.29, 1.82) is 5.26 Å². The molecule has 0 aromatic rings. The molecule has 0 aromatic carbocycles. The summed E-state index contributed by atoms with van der Waals surface area (Å²) in [6, 6.07) is 1.61. The predicted octanol–water partition coefficient (Wildman–Crippen LogP) is 0.862. The lowest BCUT2D eigenvalue weighted by atomic mass is 10.3. The molecule has 0 saturated heterocycles. The van der Waals surface area contributed by atoms with E-state index in [4.69, 9.17) is 5.26 Å². The summed E-state index contributed by atoms with van der Waals surface area (Å²) in [6.45, 7) is 0. The first kappa shape index (κ1) is 7.82. The molecule has 0 aliphatic rings. The molecule has 0 spiro atoms. The van der Waals surface area contributed by atoms with Crippen molar-refractivity contribution in [2.75, 3.05) is 0 Å². The minimum Gasteiger partial charge on any atom is -0.262 e. The molecule has 1 atom stereocenters. The van der Waals surface area contributed by atoms with Crippen LogP contribution in [0.15, 0.2) is 0 Å². The zero-order valence-corrected chi connectivity index (χ0v) is 4.58. The van der Waals surface area contributed by atoms with Crippen LogP contribution in [0.25, 0.3) is 0 Å². The fraction of sp³-hybridized carbons (Fsp3) is 0.750. The van der Waals surface area contributed by atoms with Crippen LogP contribution in [0.4, 0.5) is 4.39 Å². The predicted molar refractivity (Wildman–Crippen MR) is 26.7 cm³/mol. The number of nitriles is 1.